The van der Waals surface area contributed by atoms with Crippen molar-refractivity contribution < 1.29 is 0 Å². The summed E-state index contributed by atoms with van der Waals surface area (Å²) in [5.41, 5.74) is 0. The van der Waals surface area contributed by atoms with E-state index in [1.807, 2.05) is 31.8 Å². The first-order valence-corrected chi connectivity index (χ1v) is 7.33. The molecule has 1 aromatic rings. The third kappa shape index (κ3) is 3.25. The van der Waals surface area contributed by atoms with Crippen LogP contribution in [0.3, 0.4) is 0 Å². The number of hydrogen-bond donors (Lipinski definition) is 2. The summed E-state index contributed by atoms with van der Waals surface area (Å²) in [4.78, 5) is 8.72. The second-order valence-corrected chi connectivity index (χ2v) is 5.59. The first-order valence-electron chi connectivity index (χ1n) is 6.04. The molecule has 2 unspecified atom stereocenters. The molecule has 1 fully saturated rings. The average molecular weight is 252 g/mol. The molecule has 0 saturated heterocycles. The van der Waals surface area contributed by atoms with Crippen molar-refractivity contribution >= 4 is 23.4 Å². The molecule has 1 aliphatic rings. The average Bonchev–Trinajstić information content (AvgIpc) is 2.76. The highest BCUT2D eigenvalue weighted by molar-refractivity contribution is 7.99. The first-order chi connectivity index (χ1) is 8.21. The van der Waals surface area contributed by atoms with E-state index in [-0.39, 0.29) is 0 Å². The Morgan fingerprint density at radius 3 is 2.71 bits per heavy atom. The van der Waals surface area contributed by atoms with Crippen LogP contribution in [0.25, 0.3) is 0 Å². The van der Waals surface area contributed by atoms with Crippen molar-refractivity contribution in [3.8, 4) is 0 Å². The van der Waals surface area contributed by atoms with Crippen molar-refractivity contribution in [3.05, 3.63) is 11.9 Å². The number of rotatable bonds is 4. The largest absolute Gasteiger partial charge is 0.373 e. The van der Waals surface area contributed by atoms with E-state index in [1.54, 1.807) is 0 Å². The maximum Gasteiger partial charge on any atom is 0.132 e. The molecule has 0 amide bonds. The molecule has 5 heteroatoms. The summed E-state index contributed by atoms with van der Waals surface area (Å²) < 4.78 is 0. The molecule has 0 spiro atoms. The zero-order valence-electron chi connectivity index (χ0n) is 10.7. The van der Waals surface area contributed by atoms with Gasteiger partial charge < -0.3 is 10.6 Å². The van der Waals surface area contributed by atoms with Gasteiger partial charge in [0.1, 0.15) is 17.5 Å². The van der Waals surface area contributed by atoms with Gasteiger partial charge in [-0.3, -0.25) is 0 Å². The number of nitrogens with one attached hydrogen (secondary N) is 2. The lowest BCUT2D eigenvalue weighted by Crippen LogP contribution is -2.17. The Balaban J connectivity index is 2.01. The SMILES string of the molecule is CNc1cc(NC2CCC(SC)C2)nc(C)n1. The third-order valence-electron chi connectivity index (χ3n) is 3.16. The van der Waals surface area contributed by atoms with Crippen LogP contribution in [0.15, 0.2) is 6.07 Å². The molecule has 1 aliphatic carbocycles. The molecule has 2 N–H and O–H groups in total. The van der Waals surface area contributed by atoms with Crippen LogP contribution in [0.4, 0.5) is 11.6 Å². The van der Waals surface area contributed by atoms with E-state index >= 15 is 0 Å². The normalized spacial score (nSPS) is 23.7. The van der Waals surface area contributed by atoms with Gasteiger partial charge in [0.2, 0.25) is 0 Å². The number of nitrogens with zero attached hydrogens (tertiary/aromatic N) is 2. The Bertz CT molecular complexity index is 383. The predicted molar refractivity (Wildman–Crippen MR) is 74.9 cm³/mol. The lowest BCUT2D eigenvalue weighted by Gasteiger charge is -2.14. The maximum atomic E-state index is 4.43. The summed E-state index contributed by atoms with van der Waals surface area (Å²) in [6, 6.07) is 2.53. The van der Waals surface area contributed by atoms with Crippen molar-refractivity contribution in [3.63, 3.8) is 0 Å². The van der Waals surface area contributed by atoms with E-state index in [9.17, 15) is 0 Å². The molecule has 2 rings (SSSR count). The topological polar surface area (TPSA) is 49.8 Å². The van der Waals surface area contributed by atoms with E-state index in [2.05, 4.69) is 26.9 Å². The van der Waals surface area contributed by atoms with Gasteiger partial charge in [-0.15, -0.1) is 0 Å². The van der Waals surface area contributed by atoms with E-state index in [0.29, 0.717) is 6.04 Å². The first kappa shape index (κ1) is 12.5. The minimum atomic E-state index is 0.562. The molecule has 2 atom stereocenters. The van der Waals surface area contributed by atoms with Crippen molar-refractivity contribution in [2.75, 3.05) is 23.9 Å². The zero-order valence-corrected chi connectivity index (χ0v) is 11.5. The molecule has 0 aromatic carbocycles. The standard InChI is InChI=1S/C12H20N4S/c1-8-14-11(13-2)7-12(15-8)16-9-4-5-10(6-9)17-3/h7,9-10H,4-6H2,1-3H3,(H2,13,14,15,16). The second kappa shape index (κ2) is 5.58. The van der Waals surface area contributed by atoms with Crippen LogP contribution in [0, 0.1) is 6.92 Å². The van der Waals surface area contributed by atoms with Crippen molar-refractivity contribution in [1.29, 1.82) is 0 Å². The van der Waals surface area contributed by atoms with Gasteiger partial charge in [0.25, 0.3) is 0 Å². The summed E-state index contributed by atoms with van der Waals surface area (Å²) in [5.74, 6) is 2.62. The van der Waals surface area contributed by atoms with Gasteiger partial charge >= 0.3 is 0 Å². The summed E-state index contributed by atoms with van der Waals surface area (Å²) in [6.45, 7) is 1.92. The fourth-order valence-electron chi connectivity index (χ4n) is 2.26. The molecule has 1 saturated carbocycles. The van der Waals surface area contributed by atoms with Crippen LogP contribution in [0.5, 0.6) is 0 Å². The number of aryl methyl sites for hydroxylation is 1. The smallest absolute Gasteiger partial charge is 0.132 e. The Hall–Kier alpha value is -0.970. The van der Waals surface area contributed by atoms with Gasteiger partial charge in [-0.2, -0.15) is 11.8 Å². The minimum Gasteiger partial charge on any atom is -0.373 e. The van der Waals surface area contributed by atoms with Crippen molar-refractivity contribution in [2.24, 2.45) is 0 Å². The van der Waals surface area contributed by atoms with E-state index < -0.39 is 0 Å². The van der Waals surface area contributed by atoms with Crippen LogP contribution in [0.1, 0.15) is 25.1 Å². The molecule has 17 heavy (non-hydrogen) atoms. The van der Waals surface area contributed by atoms with Gasteiger partial charge in [0.15, 0.2) is 0 Å². The fourth-order valence-corrected chi connectivity index (χ4v) is 3.06. The number of aromatic nitrogens is 2. The quantitative estimate of drug-likeness (QED) is 0.862. The maximum absolute atomic E-state index is 4.43. The lowest BCUT2D eigenvalue weighted by molar-refractivity contribution is 0.750. The Labute approximate surface area is 107 Å². The Morgan fingerprint density at radius 1 is 1.29 bits per heavy atom. The number of anilines is 2. The highest BCUT2D eigenvalue weighted by Crippen LogP contribution is 2.30. The van der Waals surface area contributed by atoms with Crippen LogP contribution in [-0.2, 0) is 0 Å². The van der Waals surface area contributed by atoms with Crippen molar-refractivity contribution in [2.45, 2.75) is 37.5 Å². The second-order valence-electron chi connectivity index (χ2n) is 4.45. The van der Waals surface area contributed by atoms with Gasteiger partial charge in [0, 0.05) is 24.4 Å². The van der Waals surface area contributed by atoms with E-state index in [4.69, 9.17) is 0 Å². The van der Waals surface area contributed by atoms with E-state index in [1.165, 1.54) is 19.3 Å². The molecular weight excluding hydrogens is 232 g/mol. The van der Waals surface area contributed by atoms with Crippen LogP contribution >= 0.6 is 11.8 Å². The summed E-state index contributed by atoms with van der Waals surface area (Å²) >= 11 is 1.97. The van der Waals surface area contributed by atoms with Gasteiger partial charge in [0.05, 0.1) is 0 Å². The Kier molecular flexibility index (Phi) is 4.10. The number of thioether (sulfide) groups is 1. The van der Waals surface area contributed by atoms with Gasteiger partial charge in [-0.25, -0.2) is 9.97 Å². The molecular formula is C12H20N4S. The zero-order chi connectivity index (χ0) is 12.3. The highest BCUT2D eigenvalue weighted by atomic mass is 32.2. The van der Waals surface area contributed by atoms with Crippen LogP contribution in [0.2, 0.25) is 0 Å². The third-order valence-corrected chi connectivity index (χ3v) is 4.26. The fraction of sp³-hybridized carbons (Fsp3) is 0.667. The number of hydrogen-bond acceptors (Lipinski definition) is 5. The molecule has 0 radical (unpaired) electrons. The van der Waals surface area contributed by atoms with E-state index in [0.717, 1.165) is 22.7 Å². The minimum absolute atomic E-state index is 0.562. The predicted octanol–water partition coefficient (Wildman–Crippen LogP) is 2.52. The van der Waals surface area contributed by atoms with Crippen LogP contribution in [-0.4, -0.2) is 34.6 Å². The molecule has 94 valence electrons. The molecule has 1 heterocycles. The molecule has 1 aromatic heterocycles. The Morgan fingerprint density at radius 2 is 2.06 bits per heavy atom. The van der Waals surface area contributed by atoms with Gasteiger partial charge in [-0.05, 0) is 32.4 Å². The molecule has 0 aliphatic heterocycles. The summed E-state index contributed by atoms with van der Waals surface area (Å²) in [5, 5.41) is 7.38. The summed E-state index contributed by atoms with van der Waals surface area (Å²) in [6.07, 6.45) is 5.98. The molecule has 4 nitrogen and oxygen atoms in total. The van der Waals surface area contributed by atoms with Gasteiger partial charge in [-0.1, -0.05) is 0 Å². The lowest BCUT2D eigenvalue weighted by atomic mass is 10.2. The monoisotopic (exact) mass is 252 g/mol. The van der Waals surface area contributed by atoms with Crippen molar-refractivity contribution in [1.82, 2.24) is 9.97 Å². The highest BCUT2D eigenvalue weighted by Gasteiger charge is 2.24. The van der Waals surface area contributed by atoms with Crippen LogP contribution < -0.4 is 10.6 Å². The molecule has 0 bridgehead atoms. The summed E-state index contributed by atoms with van der Waals surface area (Å²) in [7, 11) is 1.88.